The lowest BCUT2D eigenvalue weighted by atomic mass is 9.43. The fraction of sp³-hybridized carbons (Fsp3) is 0.879. The lowest BCUT2D eigenvalue weighted by Crippen LogP contribution is -2.63. The third-order valence-corrected chi connectivity index (χ3v) is 12.8. The van der Waals surface area contributed by atoms with Crippen molar-refractivity contribution in [1.82, 2.24) is 0 Å². The van der Waals surface area contributed by atoms with Crippen LogP contribution in [0.3, 0.4) is 0 Å². The maximum atomic E-state index is 12.7. The average Bonchev–Trinajstić information content (AvgIpc) is 3.46. The van der Waals surface area contributed by atoms with Crippen LogP contribution < -0.4 is 0 Å². The van der Waals surface area contributed by atoms with Crippen LogP contribution in [0.15, 0.2) is 11.6 Å². The van der Waals surface area contributed by atoms with Gasteiger partial charge in [0.25, 0.3) is 0 Å². The highest BCUT2D eigenvalue weighted by molar-refractivity contribution is 5.85. The second kappa shape index (κ2) is 11.4. The van der Waals surface area contributed by atoms with Gasteiger partial charge >= 0.3 is 11.9 Å². The van der Waals surface area contributed by atoms with Gasteiger partial charge in [-0.2, -0.15) is 0 Å². The minimum Gasteiger partial charge on any atom is -0.462 e. The summed E-state index contributed by atoms with van der Waals surface area (Å²) >= 11 is 0. The first-order valence-electron chi connectivity index (χ1n) is 16.2. The molecular formula is C33H50O10. The number of hydrogen-bond donors (Lipinski definition) is 2. The van der Waals surface area contributed by atoms with Gasteiger partial charge in [0.15, 0.2) is 6.29 Å². The molecule has 6 aliphatic rings. The summed E-state index contributed by atoms with van der Waals surface area (Å²) in [6, 6.07) is 0. The molecule has 1 unspecified atom stereocenters. The summed E-state index contributed by atoms with van der Waals surface area (Å²) in [4.78, 5) is 24.2. The number of esters is 2. The van der Waals surface area contributed by atoms with Crippen LogP contribution in [-0.2, 0) is 38.0 Å². The zero-order valence-corrected chi connectivity index (χ0v) is 26.5. The van der Waals surface area contributed by atoms with Crippen molar-refractivity contribution in [1.29, 1.82) is 0 Å². The van der Waals surface area contributed by atoms with E-state index in [4.69, 9.17) is 28.4 Å². The first kappa shape index (κ1) is 31.4. The molecule has 4 aliphatic carbocycles. The number of hydrogen-bond acceptors (Lipinski definition) is 10. The van der Waals surface area contributed by atoms with E-state index in [2.05, 4.69) is 13.8 Å². The molecular weight excluding hydrogens is 556 g/mol. The molecule has 242 valence electrons. The smallest absolute Gasteiger partial charge is 0.331 e. The Labute approximate surface area is 254 Å². The van der Waals surface area contributed by atoms with Gasteiger partial charge in [0.1, 0.15) is 31.0 Å². The number of aliphatic hydroxyl groups is 2. The highest BCUT2D eigenvalue weighted by Crippen LogP contribution is 2.70. The molecule has 2 heterocycles. The van der Waals surface area contributed by atoms with Crippen LogP contribution in [0.4, 0.5) is 0 Å². The SMILES string of the molecule is CO[C@H]1[C@H](OC2CC[C@@]3(C)[C@H](CC[C@@H]4[C@@H]3CC[C@]3(C)[C@@H](C5=CC(=O)OC5)[C@@H](OC(C)=O)C[C@]43O)C2)O[C@H](C)[C@H](O)[C@@H]1OC. The molecule has 0 aromatic carbocycles. The van der Waals surface area contributed by atoms with Crippen molar-refractivity contribution in [3.63, 3.8) is 0 Å². The van der Waals surface area contributed by atoms with E-state index in [9.17, 15) is 19.8 Å². The molecule has 14 atom stereocenters. The second-order valence-electron chi connectivity index (χ2n) is 14.7. The summed E-state index contributed by atoms with van der Waals surface area (Å²) in [5, 5.41) is 23.3. The molecule has 10 nitrogen and oxygen atoms in total. The summed E-state index contributed by atoms with van der Waals surface area (Å²) in [6.45, 7) is 7.99. The topological polar surface area (TPSA) is 130 Å². The zero-order valence-electron chi connectivity index (χ0n) is 26.5. The molecule has 1 saturated heterocycles. The Kier molecular flexibility index (Phi) is 8.30. The molecule has 43 heavy (non-hydrogen) atoms. The number of carbonyl (C=O) groups is 2. The predicted octanol–water partition coefficient (Wildman–Crippen LogP) is 3.31. The van der Waals surface area contributed by atoms with Gasteiger partial charge in [-0.3, -0.25) is 4.79 Å². The van der Waals surface area contributed by atoms with Crippen LogP contribution >= 0.6 is 0 Å². The van der Waals surface area contributed by atoms with E-state index in [1.165, 1.54) is 6.92 Å². The van der Waals surface area contributed by atoms with E-state index in [0.717, 1.165) is 50.5 Å². The van der Waals surface area contributed by atoms with Crippen molar-refractivity contribution in [2.45, 2.75) is 128 Å². The summed E-state index contributed by atoms with van der Waals surface area (Å²) in [5.41, 5.74) is -0.651. The predicted molar refractivity (Wildman–Crippen MR) is 153 cm³/mol. The number of fused-ring (bicyclic) bond motifs is 5. The first-order chi connectivity index (χ1) is 20.4. The fourth-order valence-electron chi connectivity index (χ4n) is 10.7. The van der Waals surface area contributed by atoms with Crippen molar-refractivity contribution in [2.75, 3.05) is 20.8 Å². The summed E-state index contributed by atoms with van der Waals surface area (Å²) < 4.78 is 35.0. The minimum atomic E-state index is -1.01. The Morgan fingerprint density at radius 1 is 1.05 bits per heavy atom. The van der Waals surface area contributed by atoms with E-state index in [0.29, 0.717) is 18.3 Å². The van der Waals surface area contributed by atoms with Crippen molar-refractivity contribution in [3.05, 3.63) is 11.6 Å². The molecule has 5 fully saturated rings. The molecule has 6 rings (SSSR count). The number of aliphatic hydroxyl groups excluding tert-OH is 1. The molecule has 2 N–H and O–H groups in total. The zero-order chi connectivity index (χ0) is 30.9. The Hall–Kier alpha value is -1.56. The highest BCUT2D eigenvalue weighted by atomic mass is 16.7. The Morgan fingerprint density at radius 3 is 2.44 bits per heavy atom. The monoisotopic (exact) mass is 606 g/mol. The van der Waals surface area contributed by atoms with E-state index in [1.807, 2.05) is 6.92 Å². The summed E-state index contributed by atoms with van der Waals surface area (Å²) in [5.74, 6) is -0.120. The second-order valence-corrected chi connectivity index (χ2v) is 14.7. The quantitative estimate of drug-likeness (QED) is 0.343. The molecule has 10 heteroatoms. The van der Waals surface area contributed by atoms with E-state index >= 15 is 0 Å². The van der Waals surface area contributed by atoms with Crippen molar-refractivity contribution >= 4 is 11.9 Å². The third kappa shape index (κ3) is 4.90. The highest BCUT2D eigenvalue weighted by Gasteiger charge is 2.71. The number of ether oxygens (including phenoxy) is 6. The van der Waals surface area contributed by atoms with Gasteiger partial charge in [-0.05, 0) is 80.6 Å². The standard InChI is InChI=1S/C33H50O10/c1-17-27(36)28(38-5)29(39-6)30(41-17)43-21-9-11-31(3)20(14-21)7-8-23-22(31)10-12-32(4)26(19-13-25(35)40-16-19)24(42-18(2)34)15-33(23,32)37/h13,17,20-24,26-30,36-37H,7-12,14-16H2,1-6H3/t17-,20-,21?,22+,23-,24+,26+,27+,28+,29-,30+,31+,32-,33+/m1/s1. The molecule has 0 bridgehead atoms. The maximum Gasteiger partial charge on any atom is 0.331 e. The van der Waals surface area contributed by atoms with Gasteiger partial charge in [0, 0.05) is 45.0 Å². The molecule has 0 aromatic rings. The van der Waals surface area contributed by atoms with Gasteiger partial charge in [0.05, 0.1) is 17.8 Å². The molecule has 2 aliphatic heterocycles. The van der Waals surface area contributed by atoms with Gasteiger partial charge in [-0.1, -0.05) is 13.8 Å². The minimum absolute atomic E-state index is 0.00483. The van der Waals surface area contributed by atoms with Crippen LogP contribution in [0.2, 0.25) is 0 Å². The van der Waals surface area contributed by atoms with Crippen LogP contribution in [0.1, 0.15) is 79.1 Å². The van der Waals surface area contributed by atoms with Gasteiger partial charge in [-0.15, -0.1) is 0 Å². The van der Waals surface area contributed by atoms with Crippen LogP contribution in [-0.4, -0.2) is 91.5 Å². The normalized spacial score (nSPS) is 51.1. The van der Waals surface area contributed by atoms with Crippen molar-refractivity contribution in [2.24, 2.45) is 34.5 Å². The largest absolute Gasteiger partial charge is 0.462 e. The number of rotatable bonds is 6. The average molecular weight is 607 g/mol. The van der Waals surface area contributed by atoms with Gasteiger partial charge in [0.2, 0.25) is 0 Å². The number of methoxy groups -OCH3 is 2. The van der Waals surface area contributed by atoms with Gasteiger partial charge in [-0.25, -0.2) is 4.79 Å². The third-order valence-electron chi connectivity index (χ3n) is 12.8. The lowest BCUT2D eigenvalue weighted by Gasteiger charge is -2.63. The molecule has 0 aromatic heterocycles. The summed E-state index contributed by atoms with van der Waals surface area (Å²) in [6.07, 6.45) is 4.97. The van der Waals surface area contributed by atoms with Crippen LogP contribution in [0.5, 0.6) is 0 Å². The molecule has 0 radical (unpaired) electrons. The maximum absolute atomic E-state index is 12.7. The number of cyclic esters (lactones) is 1. The molecule has 0 amide bonds. The Morgan fingerprint density at radius 2 is 1.79 bits per heavy atom. The fourth-order valence-corrected chi connectivity index (χ4v) is 10.7. The van der Waals surface area contributed by atoms with Crippen molar-refractivity contribution in [3.8, 4) is 0 Å². The van der Waals surface area contributed by atoms with E-state index < -0.39 is 47.8 Å². The first-order valence-corrected chi connectivity index (χ1v) is 16.2. The van der Waals surface area contributed by atoms with E-state index in [1.54, 1.807) is 20.3 Å². The Bertz CT molecular complexity index is 1120. The Balaban J connectivity index is 1.20. The number of carbonyl (C=O) groups excluding carboxylic acids is 2. The summed E-state index contributed by atoms with van der Waals surface area (Å²) in [7, 11) is 3.16. The van der Waals surface area contributed by atoms with Gasteiger partial charge < -0.3 is 38.6 Å². The molecule has 4 saturated carbocycles. The lowest BCUT2D eigenvalue weighted by molar-refractivity contribution is -0.317. The van der Waals surface area contributed by atoms with Crippen molar-refractivity contribution < 1.29 is 48.2 Å². The van der Waals surface area contributed by atoms with Crippen LogP contribution in [0.25, 0.3) is 0 Å². The van der Waals surface area contributed by atoms with E-state index in [-0.39, 0.29) is 41.9 Å². The molecule has 0 spiro atoms. The van der Waals surface area contributed by atoms with Crippen LogP contribution in [0, 0.1) is 34.5 Å².